The molecule has 0 N–H and O–H groups in total. The first-order chi connectivity index (χ1) is 8.93. The molecular formula is C18H29Fe-. The predicted octanol–water partition coefficient (Wildman–Crippen LogP) is 5.95. The molecule has 0 fully saturated rings. The molecule has 0 unspecified atom stereocenters. The second kappa shape index (κ2) is 14.2. The summed E-state index contributed by atoms with van der Waals surface area (Å²) >= 11 is 0. The molecule has 0 nitrogen and oxygen atoms in total. The van der Waals surface area contributed by atoms with E-state index >= 15 is 0 Å². The van der Waals surface area contributed by atoms with Crippen molar-refractivity contribution in [2.45, 2.75) is 77.6 Å². The molecule has 0 amide bonds. The average molecular weight is 301 g/mol. The zero-order valence-electron chi connectivity index (χ0n) is 12.4. The van der Waals surface area contributed by atoms with Crippen LogP contribution in [-0.2, 0) is 23.5 Å². The molecule has 0 atom stereocenters. The van der Waals surface area contributed by atoms with Crippen LogP contribution in [0.1, 0.15) is 76.7 Å². The van der Waals surface area contributed by atoms with Crippen molar-refractivity contribution in [1.82, 2.24) is 0 Å². The topological polar surface area (TPSA) is 0 Å². The minimum Gasteiger partial charge on any atom is -0.180 e. The first kappa shape index (κ1) is 18.7. The van der Waals surface area contributed by atoms with Crippen molar-refractivity contribution in [3.05, 3.63) is 35.9 Å². The van der Waals surface area contributed by atoms with Gasteiger partial charge >= 0.3 is 0 Å². The monoisotopic (exact) mass is 301 g/mol. The van der Waals surface area contributed by atoms with E-state index < -0.39 is 0 Å². The van der Waals surface area contributed by atoms with Crippen LogP contribution < -0.4 is 0 Å². The molecule has 0 saturated carbocycles. The SMILES string of the molecule is CCCCCCCCCCCCc1[c-]cccc1.[Fe]. The minimum atomic E-state index is 0. The standard InChI is InChI=1S/C18H29.Fe/c1-2-3-4-5-6-7-8-9-10-12-15-18-16-13-11-14-17-18;/h11,13-14,16H,2-10,12,15H2,1H3;/q-1;. The van der Waals surface area contributed by atoms with Gasteiger partial charge in [-0.15, -0.1) is 0 Å². The van der Waals surface area contributed by atoms with Gasteiger partial charge in [-0.25, -0.2) is 0 Å². The van der Waals surface area contributed by atoms with Gasteiger partial charge in [0, 0.05) is 17.1 Å². The van der Waals surface area contributed by atoms with Gasteiger partial charge in [0.25, 0.3) is 0 Å². The number of hydrogen-bond acceptors (Lipinski definition) is 0. The fourth-order valence-corrected chi connectivity index (χ4v) is 2.39. The van der Waals surface area contributed by atoms with E-state index in [1.54, 1.807) is 0 Å². The first-order valence-electron chi connectivity index (χ1n) is 7.89. The zero-order valence-corrected chi connectivity index (χ0v) is 13.5. The third kappa shape index (κ3) is 11.3. The minimum absolute atomic E-state index is 0. The molecule has 1 heteroatoms. The molecule has 110 valence electrons. The number of rotatable bonds is 11. The molecule has 1 aromatic rings. The summed E-state index contributed by atoms with van der Waals surface area (Å²) in [7, 11) is 0. The van der Waals surface area contributed by atoms with Crippen molar-refractivity contribution in [1.29, 1.82) is 0 Å². The van der Waals surface area contributed by atoms with Gasteiger partial charge in [0.1, 0.15) is 0 Å². The fourth-order valence-electron chi connectivity index (χ4n) is 2.39. The summed E-state index contributed by atoms with van der Waals surface area (Å²) in [5, 5.41) is 0. The maximum absolute atomic E-state index is 3.30. The normalized spacial score (nSPS) is 10.2. The molecule has 0 aliphatic rings. The van der Waals surface area contributed by atoms with Crippen LogP contribution in [0.2, 0.25) is 0 Å². The van der Waals surface area contributed by atoms with E-state index in [2.05, 4.69) is 25.1 Å². The second-order valence-electron chi connectivity index (χ2n) is 5.32. The van der Waals surface area contributed by atoms with E-state index in [0.29, 0.717) is 0 Å². The molecule has 0 aliphatic carbocycles. The van der Waals surface area contributed by atoms with Crippen LogP contribution in [0.25, 0.3) is 0 Å². The van der Waals surface area contributed by atoms with Gasteiger partial charge in [-0.2, -0.15) is 35.9 Å². The van der Waals surface area contributed by atoms with Gasteiger partial charge in [0.15, 0.2) is 0 Å². The summed E-state index contributed by atoms with van der Waals surface area (Å²) in [6.07, 6.45) is 15.3. The van der Waals surface area contributed by atoms with E-state index in [1.165, 1.54) is 76.2 Å². The maximum atomic E-state index is 3.30. The molecule has 0 saturated heterocycles. The molecular weight excluding hydrogens is 272 g/mol. The Kier molecular flexibility index (Phi) is 14.0. The molecule has 0 heterocycles. The quantitative estimate of drug-likeness (QED) is 0.269. The molecule has 1 aromatic carbocycles. The van der Waals surface area contributed by atoms with Crippen molar-refractivity contribution < 1.29 is 17.1 Å². The molecule has 19 heavy (non-hydrogen) atoms. The Labute approximate surface area is 130 Å². The van der Waals surface area contributed by atoms with Crippen molar-refractivity contribution >= 4 is 0 Å². The smallest absolute Gasteiger partial charge is 0 e. The third-order valence-corrected chi connectivity index (χ3v) is 3.57. The summed E-state index contributed by atoms with van der Waals surface area (Å²) in [6, 6.07) is 11.7. The van der Waals surface area contributed by atoms with Gasteiger partial charge < -0.3 is 0 Å². The Morgan fingerprint density at radius 3 is 1.89 bits per heavy atom. The molecule has 0 aliphatic heterocycles. The van der Waals surface area contributed by atoms with E-state index in [0.717, 1.165) is 0 Å². The average Bonchev–Trinajstić information content (AvgIpc) is 2.42. The van der Waals surface area contributed by atoms with E-state index in [9.17, 15) is 0 Å². The Morgan fingerprint density at radius 1 is 0.789 bits per heavy atom. The summed E-state index contributed by atoms with van der Waals surface area (Å²) in [5.41, 5.74) is 1.37. The van der Waals surface area contributed by atoms with Gasteiger partial charge in [0.2, 0.25) is 0 Å². The van der Waals surface area contributed by atoms with Crippen LogP contribution in [0.4, 0.5) is 0 Å². The van der Waals surface area contributed by atoms with Crippen molar-refractivity contribution in [2.24, 2.45) is 0 Å². The van der Waals surface area contributed by atoms with Crippen LogP contribution in [-0.4, -0.2) is 0 Å². The fraction of sp³-hybridized carbons (Fsp3) is 0.667. The van der Waals surface area contributed by atoms with Gasteiger partial charge in [-0.1, -0.05) is 77.6 Å². The Morgan fingerprint density at radius 2 is 1.37 bits per heavy atom. The Balaban J connectivity index is 0.00000324. The molecule has 0 spiro atoms. The van der Waals surface area contributed by atoms with Gasteiger partial charge in [-0.3, -0.25) is 0 Å². The largest absolute Gasteiger partial charge is 0.180 e. The predicted molar refractivity (Wildman–Crippen MR) is 80.8 cm³/mol. The molecule has 0 radical (unpaired) electrons. The summed E-state index contributed by atoms with van der Waals surface area (Å²) in [5.74, 6) is 0. The van der Waals surface area contributed by atoms with Crippen LogP contribution >= 0.6 is 0 Å². The zero-order chi connectivity index (χ0) is 12.9. The summed E-state index contributed by atoms with van der Waals surface area (Å²) in [4.78, 5) is 0. The third-order valence-electron chi connectivity index (χ3n) is 3.57. The number of aryl methyl sites for hydroxylation is 1. The summed E-state index contributed by atoms with van der Waals surface area (Å²) < 4.78 is 0. The molecule has 1 rings (SSSR count). The maximum Gasteiger partial charge on any atom is 0 e. The van der Waals surface area contributed by atoms with Crippen LogP contribution in [0.5, 0.6) is 0 Å². The first-order valence-corrected chi connectivity index (χ1v) is 7.89. The van der Waals surface area contributed by atoms with E-state index in [4.69, 9.17) is 0 Å². The number of unbranched alkanes of at least 4 members (excludes halogenated alkanes) is 9. The van der Waals surface area contributed by atoms with Crippen molar-refractivity contribution in [2.75, 3.05) is 0 Å². The van der Waals surface area contributed by atoms with Crippen LogP contribution in [0, 0.1) is 6.07 Å². The van der Waals surface area contributed by atoms with Gasteiger partial charge in [0.05, 0.1) is 0 Å². The Hall–Kier alpha value is -0.261. The number of hydrogen-bond donors (Lipinski definition) is 0. The molecule has 0 bridgehead atoms. The second-order valence-corrected chi connectivity index (χ2v) is 5.32. The van der Waals surface area contributed by atoms with E-state index in [-0.39, 0.29) is 17.1 Å². The Bertz CT molecular complexity index is 268. The van der Waals surface area contributed by atoms with Crippen LogP contribution in [0.3, 0.4) is 0 Å². The van der Waals surface area contributed by atoms with Crippen molar-refractivity contribution in [3.63, 3.8) is 0 Å². The van der Waals surface area contributed by atoms with E-state index in [1.807, 2.05) is 12.1 Å². The van der Waals surface area contributed by atoms with Crippen molar-refractivity contribution in [3.8, 4) is 0 Å². The van der Waals surface area contributed by atoms with Crippen LogP contribution in [0.15, 0.2) is 24.3 Å². The van der Waals surface area contributed by atoms with Gasteiger partial charge in [-0.05, 0) is 0 Å². The summed E-state index contributed by atoms with van der Waals surface area (Å²) in [6.45, 7) is 2.28. The number of benzene rings is 1. The molecule has 0 aromatic heterocycles.